The Labute approximate surface area is 185 Å². The van der Waals surface area contributed by atoms with Crippen LogP contribution in [0.5, 0.6) is 0 Å². The van der Waals surface area contributed by atoms with E-state index < -0.39 is 0 Å². The second kappa shape index (κ2) is 12.5. The van der Waals surface area contributed by atoms with E-state index in [-0.39, 0.29) is 0 Å². The first-order chi connectivity index (χ1) is 14.6. The lowest BCUT2D eigenvalue weighted by Crippen LogP contribution is -1.96. The molecule has 0 unspecified atom stereocenters. The average molecular weight is 440 g/mol. The topological polar surface area (TPSA) is 71.1 Å². The van der Waals surface area contributed by atoms with Crippen molar-refractivity contribution in [2.45, 2.75) is 9.92 Å². The Morgan fingerprint density at radius 3 is 2.30 bits per heavy atom. The number of pyridine rings is 1. The summed E-state index contributed by atoms with van der Waals surface area (Å²) in [6, 6.07) is 16.9. The molecule has 5 nitrogen and oxygen atoms in total. The summed E-state index contributed by atoms with van der Waals surface area (Å²) >= 11 is 7.45. The van der Waals surface area contributed by atoms with Gasteiger partial charge in [0.2, 0.25) is 0 Å². The number of nitrogens with zero attached hydrogens (tertiary/aromatic N) is 1. The van der Waals surface area contributed by atoms with Gasteiger partial charge in [-0.05, 0) is 54.2 Å². The average Bonchev–Trinajstić information content (AvgIpc) is 2.79. The minimum Gasteiger partial charge on any atom is -0.394 e. The minimum absolute atomic E-state index is 0.543. The van der Waals surface area contributed by atoms with Gasteiger partial charge in [-0.3, -0.25) is 9.59 Å². The van der Waals surface area contributed by atoms with Crippen LogP contribution < -0.4 is 10.6 Å². The highest BCUT2D eigenvalue weighted by atomic mass is 35.5. The second-order valence-electron chi connectivity index (χ2n) is 5.88. The van der Waals surface area contributed by atoms with Crippen LogP contribution in [0, 0.1) is 0 Å². The van der Waals surface area contributed by atoms with Gasteiger partial charge >= 0.3 is 0 Å². The summed E-state index contributed by atoms with van der Waals surface area (Å²) in [5, 5.41) is 7.12. The molecular weight excluding hydrogens is 418 g/mol. The number of hydrogen-bond donors (Lipinski definition) is 2. The van der Waals surface area contributed by atoms with Crippen molar-refractivity contribution in [3.8, 4) is 0 Å². The fraction of sp³-hybridized carbons (Fsp3) is 0.0870. The third kappa shape index (κ3) is 6.76. The van der Waals surface area contributed by atoms with E-state index in [1.54, 1.807) is 44.7 Å². The molecule has 0 aliphatic rings. The number of halogens is 1. The molecule has 1 aromatic heterocycles. The van der Waals surface area contributed by atoms with E-state index in [2.05, 4.69) is 15.6 Å². The molecule has 0 radical (unpaired) electrons. The first kappa shape index (κ1) is 23.2. The van der Waals surface area contributed by atoms with Crippen LogP contribution in [0.4, 0.5) is 5.69 Å². The van der Waals surface area contributed by atoms with Gasteiger partial charge in [0.25, 0.3) is 0 Å². The number of nitrogens with one attached hydrogen (secondary N) is 2. The maximum atomic E-state index is 10.8. The number of aldehydes is 2. The summed E-state index contributed by atoms with van der Waals surface area (Å²) in [6.07, 6.45) is 6.90. The van der Waals surface area contributed by atoms with E-state index in [4.69, 9.17) is 11.6 Å². The molecule has 0 bridgehead atoms. The monoisotopic (exact) mass is 439 g/mol. The maximum absolute atomic E-state index is 10.8. The predicted molar refractivity (Wildman–Crippen MR) is 125 cm³/mol. The zero-order chi connectivity index (χ0) is 21.8. The van der Waals surface area contributed by atoms with E-state index in [1.165, 1.54) is 11.8 Å². The fourth-order valence-electron chi connectivity index (χ4n) is 2.39. The lowest BCUT2D eigenvalue weighted by molar-refractivity contribution is 0.111. The van der Waals surface area contributed by atoms with Gasteiger partial charge in [-0.2, -0.15) is 0 Å². The molecule has 0 amide bonds. The number of benzene rings is 2. The van der Waals surface area contributed by atoms with Crippen LogP contribution >= 0.6 is 23.4 Å². The number of anilines is 1. The molecule has 0 aliphatic heterocycles. The van der Waals surface area contributed by atoms with Crippen molar-refractivity contribution in [1.29, 1.82) is 0 Å². The van der Waals surface area contributed by atoms with Crippen LogP contribution in [-0.2, 0) is 0 Å². The summed E-state index contributed by atoms with van der Waals surface area (Å²) in [7, 11) is 3.58. The standard InChI is InChI=1S/C12H9NOS.C11H13ClN2O/c14-9-10-5-4-8-13-12(10)15-11-6-2-1-3-7-11;1-13-4-3-8-6-11(14-2)10(12)5-9(8)7-15/h1-9H;3-7,13-14H,1-2H3/b;4-3-. The molecule has 0 aliphatic carbocycles. The number of rotatable bonds is 7. The Balaban J connectivity index is 0.000000214. The van der Waals surface area contributed by atoms with Gasteiger partial charge in [0.05, 0.1) is 10.7 Å². The molecule has 2 aromatic carbocycles. The van der Waals surface area contributed by atoms with Crippen molar-refractivity contribution in [2.75, 3.05) is 19.4 Å². The first-order valence-corrected chi connectivity index (χ1v) is 10.3. The zero-order valence-corrected chi connectivity index (χ0v) is 18.2. The summed E-state index contributed by atoms with van der Waals surface area (Å²) in [6.45, 7) is 0. The molecule has 0 spiro atoms. The fourth-order valence-corrected chi connectivity index (χ4v) is 3.53. The van der Waals surface area contributed by atoms with Gasteiger partial charge in [-0.1, -0.05) is 41.6 Å². The van der Waals surface area contributed by atoms with Crippen molar-refractivity contribution >= 4 is 47.7 Å². The largest absolute Gasteiger partial charge is 0.394 e. The third-order valence-corrected chi connectivity index (χ3v) is 5.24. The van der Waals surface area contributed by atoms with Crippen molar-refractivity contribution < 1.29 is 9.59 Å². The van der Waals surface area contributed by atoms with Crippen LogP contribution in [-0.4, -0.2) is 31.7 Å². The van der Waals surface area contributed by atoms with Crippen molar-refractivity contribution in [3.05, 3.63) is 88.7 Å². The number of carbonyl (C=O) groups is 2. The molecular formula is C23H22ClN3O2S. The molecule has 3 rings (SSSR count). The van der Waals surface area contributed by atoms with Gasteiger partial charge < -0.3 is 10.6 Å². The van der Waals surface area contributed by atoms with Crippen LogP contribution in [0.15, 0.2) is 76.9 Å². The molecule has 154 valence electrons. The van der Waals surface area contributed by atoms with E-state index in [1.807, 2.05) is 42.5 Å². The van der Waals surface area contributed by atoms with Crippen LogP contribution in [0.25, 0.3) is 6.08 Å². The molecule has 2 N–H and O–H groups in total. The van der Waals surface area contributed by atoms with Crippen LogP contribution in [0.2, 0.25) is 5.02 Å². The molecule has 7 heteroatoms. The van der Waals surface area contributed by atoms with Crippen molar-refractivity contribution in [1.82, 2.24) is 10.3 Å². The van der Waals surface area contributed by atoms with Gasteiger partial charge in [0, 0.05) is 36.3 Å². The van der Waals surface area contributed by atoms with Gasteiger partial charge in [-0.15, -0.1) is 0 Å². The molecule has 0 atom stereocenters. The Morgan fingerprint density at radius 2 is 1.67 bits per heavy atom. The smallest absolute Gasteiger partial charge is 0.152 e. The van der Waals surface area contributed by atoms with Crippen LogP contribution in [0.3, 0.4) is 0 Å². The third-order valence-electron chi connectivity index (χ3n) is 3.88. The molecule has 1 heterocycles. The molecule has 0 saturated carbocycles. The van der Waals surface area contributed by atoms with Crippen molar-refractivity contribution in [2.24, 2.45) is 0 Å². The molecule has 30 heavy (non-hydrogen) atoms. The van der Waals surface area contributed by atoms with Crippen molar-refractivity contribution in [3.63, 3.8) is 0 Å². The van der Waals surface area contributed by atoms with Gasteiger partial charge in [0.1, 0.15) is 5.03 Å². The summed E-state index contributed by atoms with van der Waals surface area (Å²) < 4.78 is 0. The number of aromatic nitrogens is 1. The first-order valence-electron chi connectivity index (χ1n) is 9.06. The Hall–Kier alpha value is -3.09. The number of carbonyl (C=O) groups excluding carboxylic acids is 2. The Kier molecular flexibility index (Phi) is 9.64. The quantitative estimate of drug-likeness (QED) is 0.478. The van der Waals surface area contributed by atoms with E-state index in [0.717, 1.165) is 33.7 Å². The molecule has 0 fully saturated rings. The molecule has 3 aromatic rings. The number of hydrogen-bond acceptors (Lipinski definition) is 6. The zero-order valence-electron chi connectivity index (χ0n) is 16.6. The highest BCUT2D eigenvalue weighted by Gasteiger charge is 2.05. The Bertz CT molecular complexity index is 1010. The highest BCUT2D eigenvalue weighted by Crippen LogP contribution is 2.27. The predicted octanol–water partition coefficient (Wildman–Crippen LogP) is 5.43. The maximum Gasteiger partial charge on any atom is 0.152 e. The Morgan fingerprint density at radius 1 is 0.933 bits per heavy atom. The minimum atomic E-state index is 0.543. The van der Waals surface area contributed by atoms with Gasteiger partial charge in [0.15, 0.2) is 12.6 Å². The normalized spacial score (nSPS) is 10.1. The summed E-state index contributed by atoms with van der Waals surface area (Å²) in [4.78, 5) is 26.8. The second-order valence-corrected chi connectivity index (χ2v) is 7.35. The lowest BCUT2D eigenvalue weighted by atomic mass is 10.1. The van der Waals surface area contributed by atoms with E-state index >= 15 is 0 Å². The highest BCUT2D eigenvalue weighted by molar-refractivity contribution is 7.99. The van der Waals surface area contributed by atoms with E-state index in [0.29, 0.717) is 16.1 Å². The van der Waals surface area contributed by atoms with E-state index in [9.17, 15) is 9.59 Å². The van der Waals surface area contributed by atoms with Gasteiger partial charge in [-0.25, -0.2) is 4.98 Å². The molecule has 0 saturated heterocycles. The lowest BCUT2D eigenvalue weighted by Gasteiger charge is -2.07. The van der Waals surface area contributed by atoms with Crippen LogP contribution in [0.1, 0.15) is 26.3 Å². The summed E-state index contributed by atoms with van der Waals surface area (Å²) in [5.74, 6) is 0. The summed E-state index contributed by atoms with van der Waals surface area (Å²) in [5.41, 5.74) is 2.84. The SMILES string of the molecule is CN/C=C\c1cc(NC)c(Cl)cc1C=O.O=Cc1cccnc1Sc1ccccc1.